The fraction of sp³-hybridized carbons (Fsp3) is 0.467. The summed E-state index contributed by atoms with van der Waals surface area (Å²) in [6.45, 7) is 0.976. The van der Waals surface area contributed by atoms with Gasteiger partial charge in [0.05, 0.1) is 2.74 Å². The van der Waals surface area contributed by atoms with Crippen LogP contribution in [0.2, 0.25) is 0 Å². The Morgan fingerprint density at radius 1 is 1.63 bits per heavy atom. The van der Waals surface area contributed by atoms with Crippen LogP contribution in [-0.2, 0) is 9.59 Å². The Bertz CT molecular complexity index is 674. The maximum Gasteiger partial charge on any atom is 0.328 e. The highest BCUT2D eigenvalue weighted by molar-refractivity contribution is 5.92. The number of hydrogen-bond acceptors (Lipinski definition) is 3. The third-order valence-electron chi connectivity index (χ3n) is 3.06. The highest BCUT2D eigenvalue weighted by atomic mass is 16.4. The number of carbonyl (C=O) groups is 2. The van der Waals surface area contributed by atoms with Crippen LogP contribution in [0.1, 0.15) is 40.9 Å². The van der Waals surface area contributed by atoms with Gasteiger partial charge in [0, 0.05) is 22.0 Å². The first-order valence-corrected chi connectivity index (χ1v) is 5.72. The normalized spacial score (nSPS) is 38.1. The highest BCUT2D eigenvalue weighted by Crippen LogP contribution is 2.44. The minimum atomic E-state index is -2.79. The van der Waals surface area contributed by atoms with Crippen molar-refractivity contribution >= 4 is 11.8 Å². The lowest BCUT2D eigenvalue weighted by molar-refractivity contribution is -0.131. The summed E-state index contributed by atoms with van der Waals surface area (Å²) < 4.78 is 39.3. The van der Waals surface area contributed by atoms with E-state index in [2.05, 4.69) is 0 Å². The molecule has 104 valence electrons. The molecule has 0 aromatic rings. The standard InChI is InChI=1S/C15H20O4/c1-10(7-13(17)18)5-6-15(19)11(2)8-12(16)9-14(15,3)4/h5-8,19H,9H2,1-4H3,(H,17,18)/b6-5+,10-7-/t15-/m1/s1/i3D3,5D,6D/t14-,15-. The summed E-state index contributed by atoms with van der Waals surface area (Å²) in [6, 6.07) is -1.35. The maximum atomic E-state index is 11.8. The van der Waals surface area contributed by atoms with Crippen LogP contribution in [0, 0.1) is 5.41 Å². The molecule has 2 atom stereocenters. The monoisotopic (exact) mass is 269 g/mol. The van der Waals surface area contributed by atoms with Crippen molar-refractivity contribution in [3.8, 4) is 0 Å². The average molecular weight is 269 g/mol. The quantitative estimate of drug-likeness (QED) is 0.608. The van der Waals surface area contributed by atoms with Crippen molar-refractivity contribution in [3.05, 3.63) is 35.4 Å². The van der Waals surface area contributed by atoms with Crippen molar-refractivity contribution in [2.24, 2.45) is 5.41 Å². The molecule has 0 saturated heterocycles. The number of hydrogen-bond donors (Lipinski definition) is 2. The maximum absolute atomic E-state index is 11.8. The van der Waals surface area contributed by atoms with Gasteiger partial charge in [-0.2, -0.15) is 0 Å². The van der Waals surface area contributed by atoms with Gasteiger partial charge in [0.25, 0.3) is 0 Å². The molecule has 0 bridgehead atoms. The minimum Gasteiger partial charge on any atom is -0.478 e. The molecule has 0 radical (unpaired) electrons. The van der Waals surface area contributed by atoms with E-state index in [-0.39, 0.29) is 11.1 Å². The molecule has 0 spiro atoms. The highest BCUT2D eigenvalue weighted by Gasteiger charge is 2.46. The summed E-state index contributed by atoms with van der Waals surface area (Å²) in [5.74, 6) is -1.82. The van der Waals surface area contributed by atoms with Gasteiger partial charge in [-0.25, -0.2) is 4.79 Å². The number of carbonyl (C=O) groups excluding carboxylic acids is 1. The number of carboxylic acids is 1. The first kappa shape index (κ1) is 9.26. The molecule has 0 aromatic carbocycles. The van der Waals surface area contributed by atoms with E-state index in [9.17, 15) is 14.7 Å². The molecule has 0 aromatic heterocycles. The molecule has 2 N–H and O–H groups in total. The Morgan fingerprint density at radius 3 is 2.79 bits per heavy atom. The molecule has 1 rings (SSSR count). The Kier molecular flexibility index (Phi) is 2.50. The smallest absolute Gasteiger partial charge is 0.328 e. The van der Waals surface area contributed by atoms with Gasteiger partial charge in [0.2, 0.25) is 0 Å². The molecular weight excluding hydrogens is 244 g/mol. The number of ketones is 1. The molecule has 0 aliphatic heterocycles. The number of aliphatic carboxylic acids is 1. The number of rotatable bonds is 3. The second-order valence-corrected chi connectivity index (χ2v) is 4.93. The lowest BCUT2D eigenvalue weighted by Crippen LogP contribution is -2.48. The SMILES string of the molecule is [2H]C(/C(C)=C\C(=O)O)=C(/[2H])[C@@]1(O)C(C)=CC(=O)C[C@]1(C)C([2H])([2H])[2H]. The summed E-state index contributed by atoms with van der Waals surface area (Å²) in [6.07, 6.45) is 1.24. The number of allylic oxidation sites excluding steroid dienone is 3. The lowest BCUT2D eigenvalue weighted by Gasteiger charge is -2.43. The van der Waals surface area contributed by atoms with Crippen molar-refractivity contribution < 1.29 is 26.7 Å². The molecule has 0 fully saturated rings. The first-order chi connectivity index (χ1) is 10.7. The van der Waals surface area contributed by atoms with Gasteiger partial charge < -0.3 is 10.2 Å². The molecule has 1 aliphatic carbocycles. The molecule has 1 aliphatic rings. The lowest BCUT2D eigenvalue weighted by atomic mass is 9.64. The van der Waals surface area contributed by atoms with E-state index in [4.69, 9.17) is 12.0 Å². The van der Waals surface area contributed by atoms with Crippen LogP contribution in [0.5, 0.6) is 0 Å². The van der Waals surface area contributed by atoms with Crippen molar-refractivity contribution in [3.63, 3.8) is 0 Å². The van der Waals surface area contributed by atoms with Crippen LogP contribution < -0.4 is 0 Å². The molecule has 19 heavy (non-hydrogen) atoms. The Morgan fingerprint density at radius 2 is 2.26 bits per heavy atom. The predicted molar refractivity (Wildman–Crippen MR) is 72.6 cm³/mol. The van der Waals surface area contributed by atoms with Gasteiger partial charge >= 0.3 is 5.97 Å². The average Bonchev–Trinajstić information content (AvgIpc) is 2.40. The molecule has 0 heterocycles. The summed E-state index contributed by atoms with van der Waals surface area (Å²) in [5, 5.41) is 19.9. The largest absolute Gasteiger partial charge is 0.478 e. The van der Waals surface area contributed by atoms with Crippen LogP contribution >= 0.6 is 0 Å². The van der Waals surface area contributed by atoms with Crippen LogP contribution in [0.3, 0.4) is 0 Å². The summed E-state index contributed by atoms with van der Waals surface area (Å²) >= 11 is 0. The van der Waals surface area contributed by atoms with E-state index in [1.807, 2.05) is 0 Å². The topological polar surface area (TPSA) is 74.6 Å². The second-order valence-electron chi connectivity index (χ2n) is 4.93. The van der Waals surface area contributed by atoms with Gasteiger partial charge in [-0.15, -0.1) is 0 Å². The van der Waals surface area contributed by atoms with Crippen molar-refractivity contribution in [2.45, 2.75) is 39.6 Å². The summed E-state index contributed by atoms with van der Waals surface area (Å²) in [7, 11) is 0. The van der Waals surface area contributed by atoms with Crippen LogP contribution in [-0.4, -0.2) is 27.6 Å². The molecule has 4 nitrogen and oxygen atoms in total. The van der Waals surface area contributed by atoms with E-state index in [0.717, 1.165) is 6.08 Å². The van der Waals surface area contributed by atoms with Gasteiger partial charge in [0.1, 0.15) is 5.60 Å². The third kappa shape index (κ3) is 3.20. The minimum absolute atomic E-state index is 0.0600. The molecule has 0 unspecified atom stereocenters. The van der Waals surface area contributed by atoms with Crippen LogP contribution in [0.15, 0.2) is 35.4 Å². The molecular formula is C15H20O4. The van der Waals surface area contributed by atoms with Gasteiger partial charge in [-0.1, -0.05) is 19.8 Å². The first-order valence-electron chi connectivity index (χ1n) is 8.22. The van der Waals surface area contributed by atoms with E-state index >= 15 is 0 Å². The molecule has 4 heteroatoms. The third-order valence-corrected chi connectivity index (χ3v) is 3.06. The Balaban J connectivity index is 3.74. The van der Waals surface area contributed by atoms with Crippen molar-refractivity contribution in [1.82, 2.24) is 0 Å². The van der Waals surface area contributed by atoms with E-state index in [1.54, 1.807) is 0 Å². The predicted octanol–water partition coefficient (Wildman–Crippen LogP) is 2.25. The van der Waals surface area contributed by atoms with Crippen LogP contribution in [0.4, 0.5) is 0 Å². The summed E-state index contributed by atoms with van der Waals surface area (Å²) in [5.41, 5.74) is -4.58. The zero-order chi connectivity index (χ0) is 19.1. The zero-order valence-corrected chi connectivity index (χ0v) is 11.1. The number of aliphatic hydroxyl groups is 1. The van der Waals surface area contributed by atoms with Gasteiger partial charge in [-0.3, -0.25) is 4.79 Å². The Hall–Kier alpha value is -1.68. The van der Waals surface area contributed by atoms with Gasteiger partial charge in [-0.05, 0) is 37.1 Å². The zero-order valence-electron chi connectivity index (χ0n) is 16.1. The van der Waals surface area contributed by atoms with Crippen molar-refractivity contribution in [1.29, 1.82) is 0 Å². The fourth-order valence-corrected chi connectivity index (χ4v) is 1.96. The van der Waals surface area contributed by atoms with E-state index in [1.165, 1.54) is 20.8 Å². The van der Waals surface area contributed by atoms with Crippen LogP contribution in [0.25, 0.3) is 0 Å². The fourth-order valence-electron chi connectivity index (χ4n) is 1.96. The number of carboxylic acid groups (broad SMARTS) is 1. The molecule has 0 saturated carbocycles. The van der Waals surface area contributed by atoms with Gasteiger partial charge in [0.15, 0.2) is 5.78 Å². The second kappa shape index (κ2) is 5.13. The van der Waals surface area contributed by atoms with Crippen molar-refractivity contribution in [2.75, 3.05) is 0 Å². The van der Waals surface area contributed by atoms with E-state index < -0.39 is 48.1 Å². The molecule has 0 amide bonds. The van der Waals surface area contributed by atoms with E-state index in [0.29, 0.717) is 6.08 Å². The summed E-state index contributed by atoms with van der Waals surface area (Å²) in [4.78, 5) is 22.6. The Labute approximate surface area is 120 Å².